The smallest absolute Gasteiger partial charge is 0.0303 e. The Hall–Kier alpha value is -0.340. The van der Waals surface area contributed by atoms with E-state index in [1.165, 1.54) is 49.0 Å². The predicted molar refractivity (Wildman–Crippen MR) is 74.0 cm³/mol. The van der Waals surface area contributed by atoms with Crippen LogP contribution in [0, 0.1) is 6.92 Å². The van der Waals surface area contributed by atoms with Crippen molar-refractivity contribution < 1.29 is 0 Å². The molecule has 0 amide bonds. The monoisotopic (exact) mass is 239 g/mol. The van der Waals surface area contributed by atoms with Crippen LogP contribution in [0.1, 0.15) is 68.4 Å². The summed E-state index contributed by atoms with van der Waals surface area (Å²) in [6.07, 6.45) is 9.24. The minimum Gasteiger partial charge on any atom is -0.324 e. The van der Waals surface area contributed by atoms with E-state index in [4.69, 9.17) is 5.73 Å². The van der Waals surface area contributed by atoms with Crippen LogP contribution in [0.5, 0.6) is 0 Å². The van der Waals surface area contributed by atoms with Crippen LogP contribution in [0.4, 0.5) is 0 Å². The van der Waals surface area contributed by atoms with Gasteiger partial charge >= 0.3 is 0 Å². The van der Waals surface area contributed by atoms with Gasteiger partial charge in [-0.05, 0) is 30.4 Å². The van der Waals surface area contributed by atoms with Crippen molar-refractivity contribution in [3.8, 4) is 0 Å². The van der Waals surface area contributed by atoms with Crippen LogP contribution in [0.2, 0.25) is 0 Å². The van der Waals surface area contributed by atoms with Gasteiger partial charge in [0.1, 0.15) is 0 Å². The van der Waals surface area contributed by atoms with E-state index in [-0.39, 0.29) is 6.04 Å². The first-order valence-electron chi connectivity index (χ1n) is 6.54. The second kappa shape index (κ2) is 7.86. The van der Waals surface area contributed by atoms with Crippen LogP contribution in [0.15, 0.2) is 11.4 Å². The number of aryl methyl sites for hydroxylation is 1. The van der Waals surface area contributed by atoms with Gasteiger partial charge in [-0.25, -0.2) is 0 Å². The van der Waals surface area contributed by atoms with Crippen LogP contribution >= 0.6 is 11.3 Å². The molecule has 2 heteroatoms. The molecule has 16 heavy (non-hydrogen) atoms. The Kier molecular flexibility index (Phi) is 6.74. The molecule has 1 rings (SSSR count). The molecule has 92 valence electrons. The van der Waals surface area contributed by atoms with Crippen molar-refractivity contribution in [1.29, 1.82) is 0 Å². The standard InChI is InChI=1S/C14H25NS/c1-3-4-5-6-7-8-9-14(15)13-10-12(2)16-11-13/h10-11,14H,3-9,15H2,1-2H3. The van der Waals surface area contributed by atoms with E-state index in [9.17, 15) is 0 Å². The van der Waals surface area contributed by atoms with E-state index >= 15 is 0 Å². The molecule has 1 aromatic rings. The van der Waals surface area contributed by atoms with Crippen LogP contribution < -0.4 is 5.73 Å². The highest BCUT2D eigenvalue weighted by molar-refractivity contribution is 7.10. The molecular formula is C14H25NS. The summed E-state index contributed by atoms with van der Waals surface area (Å²) in [6.45, 7) is 4.40. The molecule has 0 aliphatic heterocycles. The zero-order chi connectivity index (χ0) is 11.8. The molecule has 0 bridgehead atoms. The summed E-state index contributed by atoms with van der Waals surface area (Å²) in [5.74, 6) is 0. The quantitative estimate of drug-likeness (QED) is 0.647. The summed E-state index contributed by atoms with van der Waals surface area (Å²) < 4.78 is 0. The van der Waals surface area contributed by atoms with Gasteiger partial charge in [-0.1, -0.05) is 45.4 Å². The number of rotatable bonds is 8. The number of unbranched alkanes of at least 4 members (excludes halogenated alkanes) is 5. The maximum Gasteiger partial charge on any atom is 0.0303 e. The minimum atomic E-state index is 0.260. The second-order valence-corrected chi connectivity index (χ2v) is 5.77. The van der Waals surface area contributed by atoms with Crippen LogP contribution in [0.25, 0.3) is 0 Å². The van der Waals surface area contributed by atoms with Crippen molar-refractivity contribution in [1.82, 2.24) is 0 Å². The number of nitrogens with two attached hydrogens (primary N) is 1. The van der Waals surface area contributed by atoms with Crippen molar-refractivity contribution in [2.24, 2.45) is 5.73 Å². The highest BCUT2D eigenvalue weighted by Crippen LogP contribution is 2.22. The van der Waals surface area contributed by atoms with Crippen molar-refractivity contribution in [2.45, 2.75) is 64.8 Å². The summed E-state index contributed by atoms with van der Waals surface area (Å²) in [5.41, 5.74) is 7.49. The normalized spacial score (nSPS) is 12.9. The van der Waals surface area contributed by atoms with Crippen molar-refractivity contribution >= 4 is 11.3 Å². The molecule has 0 aliphatic rings. The Morgan fingerprint density at radius 2 is 1.88 bits per heavy atom. The molecule has 1 heterocycles. The van der Waals surface area contributed by atoms with Gasteiger partial charge < -0.3 is 5.73 Å². The third-order valence-electron chi connectivity index (χ3n) is 3.05. The molecule has 1 atom stereocenters. The first kappa shape index (κ1) is 13.7. The van der Waals surface area contributed by atoms with E-state index in [1.807, 2.05) is 0 Å². The van der Waals surface area contributed by atoms with E-state index < -0.39 is 0 Å². The van der Waals surface area contributed by atoms with Crippen LogP contribution in [-0.4, -0.2) is 0 Å². The molecule has 0 saturated carbocycles. The third kappa shape index (κ3) is 5.13. The van der Waals surface area contributed by atoms with E-state index in [0.29, 0.717) is 0 Å². The maximum atomic E-state index is 6.16. The highest BCUT2D eigenvalue weighted by Gasteiger charge is 2.06. The van der Waals surface area contributed by atoms with E-state index in [1.54, 1.807) is 11.3 Å². The molecule has 0 spiro atoms. The fourth-order valence-electron chi connectivity index (χ4n) is 1.97. The van der Waals surface area contributed by atoms with Crippen molar-refractivity contribution in [3.05, 3.63) is 21.9 Å². The molecule has 2 N–H and O–H groups in total. The van der Waals surface area contributed by atoms with Gasteiger partial charge in [-0.3, -0.25) is 0 Å². The minimum absolute atomic E-state index is 0.260. The van der Waals surface area contributed by atoms with Crippen LogP contribution in [0.3, 0.4) is 0 Å². The molecule has 1 aromatic heterocycles. The Bertz CT molecular complexity index is 280. The Balaban J connectivity index is 2.09. The lowest BCUT2D eigenvalue weighted by Crippen LogP contribution is -2.08. The maximum absolute atomic E-state index is 6.16. The third-order valence-corrected chi connectivity index (χ3v) is 3.93. The predicted octanol–water partition coefficient (Wildman–Crippen LogP) is 4.81. The Labute approximate surface area is 104 Å². The van der Waals surface area contributed by atoms with Gasteiger partial charge in [0.2, 0.25) is 0 Å². The molecule has 0 aromatic carbocycles. The summed E-state index contributed by atoms with van der Waals surface area (Å²) in [4.78, 5) is 1.37. The Morgan fingerprint density at radius 1 is 1.19 bits per heavy atom. The number of hydrogen-bond acceptors (Lipinski definition) is 2. The largest absolute Gasteiger partial charge is 0.324 e. The second-order valence-electron chi connectivity index (χ2n) is 4.65. The molecule has 0 aliphatic carbocycles. The lowest BCUT2D eigenvalue weighted by molar-refractivity contribution is 0.548. The molecule has 1 unspecified atom stereocenters. The van der Waals surface area contributed by atoms with Gasteiger partial charge in [-0.15, -0.1) is 11.3 Å². The lowest BCUT2D eigenvalue weighted by Gasteiger charge is -2.09. The lowest BCUT2D eigenvalue weighted by atomic mass is 10.0. The molecule has 1 nitrogen and oxygen atoms in total. The Morgan fingerprint density at radius 3 is 2.50 bits per heavy atom. The first-order chi connectivity index (χ1) is 7.74. The van der Waals surface area contributed by atoms with Gasteiger partial charge in [0, 0.05) is 10.9 Å². The molecule has 0 radical (unpaired) electrons. The van der Waals surface area contributed by atoms with Gasteiger partial charge in [0.25, 0.3) is 0 Å². The fraction of sp³-hybridized carbons (Fsp3) is 0.714. The van der Waals surface area contributed by atoms with Crippen molar-refractivity contribution in [3.63, 3.8) is 0 Å². The van der Waals surface area contributed by atoms with Gasteiger partial charge in [0.05, 0.1) is 0 Å². The summed E-state index contributed by atoms with van der Waals surface area (Å²) in [7, 11) is 0. The molecular weight excluding hydrogens is 214 g/mol. The summed E-state index contributed by atoms with van der Waals surface area (Å²) >= 11 is 1.80. The van der Waals surface area contributed by atoms with E-state index in [2.05, 4.69) is 25.3 Å². The number of hydrogen-bond donors (Lipinski definition) is 1. The molecule has 0 fully saturated rings. The van der Waals surface area contributed by atoms with E-state index in [0.717, 1.165) is 6.42 Å². The van der Waals surface area contributed by atoms with Crippen LogP contribution in [-0.2, 0) is 0 Å². The average molecular weight is 239 g/mol. The molecule has 0 saturated heterocycles. The SMILES string of the molecule is CCCCCCCCC(N)c1csc(C)c1. The number of thiophene rings is 1. The average Bonchev–Trinajstić information content (AvgIpc) is 2.70. The zero-order valence-electron chi connectivity index (χ0n) is 10.7. The summed E-state index contributed by atoms with van der Waals surface area (Å²) in [6, 6.07) is 2.49. The topological polar surface area (TPSA) is 26.0 Å². The summed E-state index contributed by atoms with van der Waals surface area (Å²) in [5, 5.41) is 2.21. The van der Waals surface area contributed by atoms with Crippen molar-refractivity contribution in [2.75, 3.05) is 0 Å². The fourth-order valence-corrected chi connectivity index (χ4v) is 2.74. The first-order valence-corrected chi connectivity index (χ1v) is 7.42. The van der Waals surface area contributed by atoms with Gasteiger partial charge in [0.15, 0.2) is 0 Å². The zero-order valence-corrected chi connectivity index (χ0v) is 11.5. The van der Waals surface area contributed by atoms with Gasteiger partial charge in [-0.2, -0.15) is 0 Å². The highest BCUT2D eigenvalue weighted by atomic mass is 32.1.